The predicted molar refractivity (Wildman–Crippen MR) is 108 cm³/mol. The molecular formula is C21H23N5O3. The molecule has 1 aliphatic rings. The Morgan fingerprint density at radius 1 is 1.24 bits per heavy atom. The predicted octanol–water partition coefficient (Wildman–Crippen LogP) is 3.05. The van der Waals surface area contributed by atoms with E-state index in [2.05, 4.69) is 21.7 Å². The van der Waals surface area contributed by atoms with Gasteiger partial charge in [-0.25, -0.2) is 9.78 Å². The van der Waals surface area contributed by atoms with Gasteiger partial charge in [-0.2, -0.15) is 5.26 Å². The monoisotopic (exact) mass is 393 g/mol. The summed E-state index contributed by atoms with van der Waals surface area (Å²) in [5.74, 6) is -0.247. The van der Waals surface area contributed by atoms with Gasteiger partial charge in [-0.05, 0) is 44.0 Å². The number of hydrogen-bond acceptors (Lipinski definition) is 6. The largest absolute Gasteiger partial charge is 0.450 e. The van der Waals surface area contributed by atoms with Gasteiger partial charge in [0.25, 0.3) is 5.91 Å². The van der Waals surface area contributed by atoms with Gasteiger partial charge in [-0.3, -0.25) is 4.79 Å². The minimum Gasteiger partial charge on any atom is -0.450 e. The van der Waals surface area contributed by atoms with Gasteiger partial charge in [0.2, 0.25) is 0 Å². The molecule has 2 heterocycles. The third-order valence-electron chi connectivity index (χ3n) is 4.68. The number of rotatable bonds is 5. The van der Waals surface area contributed by atoms with Crippen molar-refractivity contribution in [3.05, 3.63) is 53.9 Å². The Labute approximate surface area is 169 Å². The highest BCUT2D eigenvalue weighted by atomic mass is 16.6. The second kappa shape index (κ2) is 9.55. The topological polar surface area (TPSA) is 107 Å². The number of amides is 2. The van der Waals surface area contributed by atoms with Crippen LogP contribution in [-0.4, -0.2) is 47.6 Å². The van der Waals surface area contributed by atoms with Crippen molar-refractivity contribution in [2.75, 3.05) is 25.0 Å². The molecule has 2 N–H and O–H groups in total. The molecule has 0 radical (unpaired) electrons. The molecule has 1 aromatic heterocycles. The number of nitriles is 1. The van der Waals surface area contributed by atoms with Gasteiger partial charge in [0, 0.05) is 19.1 Å². The molecule has 0 unspecified atom stereocenters. The van der Waals surface area contributed by atoms with E-state index < -0.39 is 0 Å². The minimum atomic E-state index is -0.306. The van der Waals surface area contributed by atoms with E-state index in [0.717, 1.165) is 0 Å². The highest BCUT2D eigenvalue weighted by Gasteiger charge is 2.25. The van der Waals surface area contributed by atoms with Crippen molar-refractivity contribution in [1.82, 2.24) is 15.2 Å². The highest BCUT2D eigenvalue weighted by molar-refractivity contribution is 5.92. The molecule has 1 saturated heterocycles. The lowest BCUT2D eigenvalue weighted by molar-refractivity contribution is 0.0856. The molecule has 8 heteroatoms. The van der Waals surface area contributed by atoms with Crippen LogP contribution in [-0.2, 0) is 4.74 Å². The van der Waals surface area contributed by atoms with Crippen LogP contribution in [0.15, 0.2) is 42.6 Å². The Morgan fingerprint density at radius 3 is 2.66 bits per heavy atom. The van der Waals surface area contributed by atoms with Gasteiger partial charge in [-0.15, -0.1) is 0 Å². The number of carbonyl (C=O) groups excluding carboxylic acids is 2. The Morgan fingerprint density at radius 2 is 2.00 bits per heavy atom. The van der Waals surface area contributed by atoms with Gasteiger partial charge in [0.05, 0.1) is 29.7 Å². The SMILES string of the molecule is CCOC(=O)N1CCC(NC(=O)c2ccc(Nc3ccccc3C#N)cn2)CC1. The van der Waals surface area contributed by atoms with E-state index in [9.17, 15) is 9.59 Å². The van der Waals surface area contributed by atoms with Crippen LogP contribution in [0, 0.1) is 11.3 Å². The van der Waals surface area contributed by atoms with Crippen LogP contribution in [0.5, 0.6) is 0 Å². The van der Waals surface area contributed by atoms with Gasteiger partial charge in [0.15, 0.2) is 0 Å². The van der Waals surface area contributed by atoms with E-state index in [-0.39, 0.29) is 18.0 Å². The van der Waals surface area contributed by atoms with E-state index in [0.29, 0.717) is 55.2 Å². The number of para-hydroxylation sites is 1. The van der Waals surface area contributed by atoms with Crippen LogP contribution in [0.25, 0.3) is 0 Å². The second-order valence-electron chi connectivity index (χ2n) is 6.65. The molecule has 0 bridgehead atoms. The fraction of sp³-hybridized carbons (Fsp3) is 0.333. The zero-order valence-corrected chi connectivity index (χ0v) is 16.2. The molecular weight excluding hydrogens is 370 g/mol. The van der Waals surface area contributed by atoms with Gasteiger partial charge < -0.3 is 20.3 Å². The third kappa shape index (κ3) is 5.23. The Hall–Kier alpha value is -3.60. The number of carbonyl (C=O) groups is 2. The number of likely N-dealkylation sites (tertiary alicyclic amines) is 1. The molecule has 0 saturated carbocycles. The van der Waals surface area contributed by atoms with E-state index in [1.807, 2.05) is 12.1 Å². The summed E-state index contributed by atoms with van der Waals surface area (Å²) in [5.41, 5.74) is 2.22. The lowest BCUT2D eigenvalue weighted by atomic mass is 10.1. The van der Waals surface area contributed by atoms with Crippen molar-refractivity contribution in [3.63, 3.8) is 0 Å². The molecule has 1 aromatic carbocycles. The van der Waals surface area contributed by atoms with Crippen molar-refractivity contribution in [2.45, 2.75) is 25.8 Å². The number of hydrogen-bond donors (Lipinski definition) is 2. The molecule has 0 spiro atoms. The maximum absolute atomic E-state index is 12.5. The van der Waals surface area contributed by atoms with Crippen molar-refractivity contribution in [3.8, 4) is 6.07 Å². The van der Waals surface area contributed by atoms with Crippen molar-refractivity contribution in [1.29, 1.82) is 5.26 Å². The summed E-state index contributed by atoms with van der Waals surface area (Å²) in [4.78, 5) is 30.1. The Kier molecular flexibility index (Phi) is 6.63. The van der Waals surface area contributed by atoms with E-state index in [4.69, 9.17) is 10.00 Å². The smallest absolute Gasteiger partial charge is 0.409 e. The van der Waals surface area contributed by atoms with Crippen LogP contribution in [0.2, 0.25) is 0 Å². The number of pyridine rings is 1. The molecule has 8 nitrogen and oxygen atoms in total. The van der Waals surface area contributed by atoms with Gasteiger partial charge >= 0.3 is 6.09 Å². The van der Waals surface area contributed by atoms with Crippen LogP contribution in [0.4, 0.5) is 16.2 Å². The minimum absolute atomic E-state index is 0.00437. The summed E-state index contributed by atoms with van der Waals surface area (Å²) in [7, 11) is 0. The van der Waals surface area contributed by atoms with E-state index in [1.165, 1.54) is 0 Å². The third-order valence-corrected chi connectivity index (χ3v) is 4.68. The number of piperidine rings is 1. The van der Waals surface area contributed by atoms with Crippen LogP contribution >= 0.6 is 0 Å². The summed E-state index contributed by atoms with van der Waals surface area (Å²) < 4.78 is 5.00. The number of aromatic nitrogens is 1. The first-order chi connectivity index (χ1) is 14.1. The molecule has 0 aliphatic carbocycles. The van der Waals surface area contributed by atoms with Crippen molar-refractivity contribution >= 4 is 23.4 Å². The number of ether oxygens (including phenoxy) is 1. The zero-order chi connectivity index (χ0) is 20.6. The summed E-state index contributed by atoms with van der Waals surface area (Å²) in [6.45, 7) is 3.24. The summed E-state index contributed by atoms with van der Waals surface area (Å²) in [6.07, 6.45) is 2.61. The fourth-order valence-corrected chi connectivity index (χ4v) is 3.13. The fourth-order valence-electron chi connectivity index (χ4n) is 3.13. The number of nitrogens with one attached hydrogen (secondary N) is 2. The van der Waals surface area contributed by atoms with Crippen molar-refractivity contribution < 1.29 is 14.3 Å². The second-order valence-corrected chi connectivity index (χ2v) is 6.65. The first kappa shape index (κ1) is 20.1. The number of anilines is 2. The highest BCUT2D eigenvalue weighted by Crippen LogP contribution is 2.20. The summed E-state index contributed by atoms with van der Waals surface area (Å²) in [6, 6.07) is 12.7. The van der Waals surface area contributed by atoms with Crippen LogP contribution in [0.1, 0.15) is 35.8 Å². The Balaban J connectivity index is 1.53. The molecule has 1 aliphatic heterocycles. The molecule has 2 amide bonds. The molecule has 150 valence electrons. The van der Waals surface area contributed by atoms with Gasteiger partial charge in [0.1, 0.15) is 11.8 Å². The molecule has 0 atom stereocenters. The lowest BCUT2D eigenvalue weighted by Crippen LogP contribution is -2.46. The lowest BCUT2D eigenvalue weighted by Gasteiger charge is -2.31. The van der Waals surface area contributed by atoms with E-state index in [1.54, 1.807) is 42.3 Å². The molecule has 1 fully saturated rings. The normalized spacial score (nSPS) is 14.0. The Bertz CT molecular complexity index is 899. The standard InChI is InChI=1S/C21H23N5O3/c1-2-29-21(28)26-11-9-16(10-12-26)25-20(27)19-8-7-17(14-23-19)24-18-6-4-3-5-15(18)13-22/h3-8,14,16,24H,2,9-12H2,1H3,(H,25,27). The summed E-state index contributed by atoms with van der Waals surface area (Å²) in [5, 5.41) is 15.3. The van der Waals surface area contributed by atoms with E-state index >= 15 is 0 Å². The number of benzene rings is 1. The quantitative estimate of drug-likeness (QED) is 0.808. The van der Waals surface area contributed by atoms with Gasteiger partial charge in [-0.1, -0.05) is 12.1 Å². The van der Waals surface area contributed by atoms with Crippen molar-refractivity contribution in [2.24, 2.45) is 0 Å². The number of nitrogens with zero attached hydrogens (tertiary/aromatic N) is 3. The maximum Gasteiger partial charge on any atom is 0.409 e. The molecule has 29 heavy (non-hydrogen) atoms. The molecule has 3 rings (SSSR count). The average molecular weight is 393 g/mol. The maximum atomic E-state index is 12.5. The first-order valence-electron chi connectivity index (χ1n) is 9.55. The molecule has 2 aromatic rings. The summed E-state index contributed by atoms with van der Waals surface area (Å²) >= 11 is 0. The first-order valence-corrected chi connectivity index (χ1v) is 9.55. The van der Waals surface area contributed by atoms with Crippen LogP contribution in [0.3, 0.4) is 0 Å². The average Bonchev–Trinajstić information content (AvgIpc) is 2.75. The zero-order valence-electron chi connectivity index (χ0n) is 16.2. The van der Waals surface area contributed by atoms with Crippen LogP contribution < -0.4 is 10.6 Å².